The molecule has 1 heterocycles. The lowest BCUT2D eigenvalue weighted by molar-refractivity contribution is 0.588. The molecule has 98 valence electrons. The number of aromatic nitrogens is 3. The van der Waals surface area contributed by atoms with Crippen LogP contribution in [0.25, 0.3) is 0 Å². The van der Waals surface area contributed by atoms with Gasteiger partial charge in [-0.25, -0.2) is 0 Å². The molecule has 18 heavy (non-hydrogen) atoms. The van der Waals surface area contributed by atoms with Crippen LogP contribution in [0.3, 0.4) is 0 Å². The number of benzene rings is 1. The van der Waals surface area contributed by atoms with Crippen LogP contribution in [0.1, 0.15) is 25.3 Å². The molecular weight excluding hydrogens is 266 g/mol. The molecule has 0 bridgehead atoms. The Morgan fingerprint density at radius 2 is 1.94 bits per heavy atom. The molecule has 0 N–H and O–H groups in total. The predicted molar refractivity (Wildman–Crippen MR) is 78.4 cm³/mol. The van der Waals surface area contributed by atoms with Crippen LogP contribution in [0.5, 0.6) is 0 Å². The van der Waals surface area contributed by atoms with Gasteiger partial charge in [0, 0.05) is 11.6 Å². The number of aryl methyl sites for hydroxylation is 2. The first-order valence-electron chi connectivity index (χ1n) is 5.92. The van der Waals surface area contributed by atoms with E-state index in [2.05, 4.69) is 29.7 Å². The Morgan fingerprint density at radius 3 is 2.39 bits per heavy atom. The average molecular weight is 284 g/mol. The molecule has 0 aliphatic rings. The number of rotatable bonds is 3. The maximum atomic E-state index is 5.61. The monoisotopic (exact) mass is 283 g/mol. The fourth-order valence-corrected chi connectivity index (χ4v) is 1.60. The van der Waals surface area contributed by atoms with Gasteiger partial charge >= 0.3 is 0 Å². The van der Waals surface area contributed by atoms with E-state index in [-0.39, 0.29) is 0 Å². The summed E-state index contributed by atoms with van der Waals surface area (Å²) in [5.41, 5.74) is 1.24. The summed E-state index contributed by atoms with van der Waals surface area (Å²) in [5, 5.41) is 8.96. The van der Waals surface area contributed by atoms with E-state index in [9.17, 15) is 0 Å². The molecule has 0 aliphatic heterocycles. The molecule has 0 spiro atoms. The van der Waals surface area contributed by atoms with E-state index in [0.29, 0.717) is 5.16 Å². The van der Waals surface area contributed by atoms with Gasteiger partial charge < -0.3 is 4.57 Å². The molecule has 1 aromatic carbocycles. The van der Waals surface area contributed by atoms with Crippen LogP contribution in [0, 0.1) is 6.92 Å². The minimum Gasteiger partial charge on any atom is -0.309 e. The number of halogens is 1. The van der Waals surface area contributed by atoms with Crippen LogP contribution in [0.2, 0.25) is 5.02 Å². The number of thiol groups is 1. The molecule has 0 fully saturated rings. The summed E-state index contributed by atoms with van der Waals surface area (Å²) in [6.45, 7) is 5.17. The predicted octanol–water partition coefficient (Wildman–Crippen LogP) is 4.02. The first-order valence-corrected chi connectivity index (χ1v) is 6.75. The third-order valence-electron chi connectivity index (χ3n) is 2.36. The summed E-state index contributed by atoms with van der Waals surface area (Å²) >= 11 is 9.72. The largest absolute Gasteiger partial charge is 0.309 e. The summed E-state index contributed by atoms with van der Waals surface area (Å²) in [7, 11) is 0. The SMILES string of the molecule is CCCCn1cnnc1S.Cc1ccc(Cl)cc1. The first kappa shape index (κ1) is 15.1. The van der Waals surface area contributed by atoms with Gasteiger partial charge in [-0.2, -0.15) is 0 Å². The van der Waals surface area contributed by atoms with Crippen LogP contribution >= 0.6 is 24.2 Å². The Kier molecular flexibility index (Phi) is 6.83. The van der Waals surface area contributed by atoms with Crippen molar-refractivity contribution in [1.82, 2.24) is 14.8 Å². The third kappa shape index (κ3) is 5.56. The maximum Gasteiger partial charge on any atom is 0.187 e. The quantitative estimate of drug-likeness (QED) is 0.863. The lowest BCUT2D eigenvalue weighted by Crippen LogP contribution is -1.95. The lowest BCUT2D eigenvalue weighted by atomic mass is 10.2. The summed E-state index contributed by atoms with van der Waals surface area (Å²) in [5.74, 6) is 0. The second-order valence-electron chi connectivity index (χ2n) is 3.97. The molecule has 2 rings (SSSR count). The Hall–Kier alpha value is -1.00. The van der Waals surface area contributed by atoms with E-state index in [4.69, 9.17) is 11.6 Å². The fourth-order valence-electron chi connectivity index (χ4n) is 1.27. The number of nitrogens with zero attached hydrogens (tertiary/aromatic N) is 3. The van der Waals surface area contributed by atoms with Crippen molar-refractivity contribution in [3.05, 3.63) is 41.2 Å². The molecule has 0 amide bonds. The number of hydrogen-bond acceptors (Lipinski definition) is 3. The number of unbranched alkanes of at least 4 members (excludes halogenated alkanes) is 1. The Morgan fingerprint density at radius 1 is 1.28 bits per heavy atom. The Bertz CT molecular complexity index is 433. The van der Waals surface area contributed by atoms with Gasteiger partial charge in [0.2, 0.25) is 0 Å². The van der Waals surface area contributed by atoms with E-state index in [1.165, 1.54) is 12.0 Å². The summed E-state index contributed by atoms with van der Waals surface area (Å²) in [6.07, 6.45) is 4.05. The molecule has 1 aromatic heterocycles. The highest BCUT2D eigenvalue weighted by atomic mass is 35.5. The molecule has 0 radical (unpaired) electrons. The van der Waals surface area contributed by atoms with E-state index in [1.807, 2.05) is 35.8 Å². The Balaban J connectivity index is 0.000000184. The van der Waals surface area contributed by atoms with Crippen molar-refractivity contribution in [3.8, 4) is 0 Å². The van der Waals surface area contributed by atoms with E-state index >= 15 is 0 Å². The smallest absolute Gasteiger partial charge is 0.187 e. The van der Waals surface area contributed by atoms with Crippen LogP contribution in [-0.2, 0) is 6.54 Å². The molecular formula is C13H18ClN3S. The third-order valence-corrected chi connectivity index (χ3v) is 2.96. The fraction of sp³-hybridized carbons (Fsp3) is 0.385. The van der Waals surface area contributed by atoms with Crippen molar-refractivity contribution >= 4 is 24.2 Å². The lowest BCUT2D eigenvalue weighted by Gasteiger charge is -1.98. The molecule has 5 heteroatoms. The Labute approximate surface area is 119 Å². The molecule has 0 atom stereocenters. The van der Waals surface area contributed by atoms with Gasteiger partial charge in [0.15, 0.2) is 5.16 Å². The van der Waals surface area contributed by atoms with Gasteiger partial charge in [-0.15, -0.1) is 22.8 Å². The summed E-state index contributed by atoms with van der Waals surface area (Å²) in [4.78, 5) is 0. The van der Waals surface area contributed by atoms with Crippen molar-refractivity contribution in [2.75, 3.05) is 0 Å². The normalized spacial score (nSPS) is 9.78. The average Bonchev–Trinajstić information content (AvgIpc) is 2.77. The van der Waals surface area contributed by atoms with Gasteiger partial charge in [-0.3, -0.25) is 0 Å². The molecule has 0 unspecified atom stereocenters. The van der Waals surface area contributed by atoms with Crippen molar-refractivity contribution in [1.29, 1.82) is 0 Å². The van der Waals surface area contributed by atoms with Crippen molar-refractivity contribution in [3.63, 3.8) is 0 Å². The van der Waals surface area contributed by atoms with Gasteiger partial charge in [-0.1, -0.05) is 42.6 Å². The van der Waals surface area contributed by atoms with Gasteiger partial charge in [0.1, 0.15) is 6.33 Å². The standard InChI is InChI=1S/C7H7Cl.C6H11N3S/c1-6-2-4-7(8)5-3-6;1-2-3-4-9-5-7-8-6(9)10/h2-5H,1H3;5H,2-4H2,1H3,(H,8,10). The molecule has 0 saturated carbocycles. The second-order valence-corrected chi connectivity index (χ2v) is 4.81. The van der Waals surface area contributed by atoms with Gasteiger partial charge in [0.25, 0.3) is 0 Å². The van der Waals surface area contributed by atoms with Gasteiger partial charge in [-0.05, 0) is 25.5 Å². The highest BCUT2D eigenvalue weighted by molar-refractivity contribution is 7.80. The summed E-state index contributed by atoms with van der Waals surface area (Å²) < 4.78 is 1.94. The minimum absolute atomic E-state index is 0.702. The zero-order valence-electron chi connectivity index (χ0n) is 10.7. The van der Waals surface area contributed by atoms with Crippen LogP contribution in [0.15, 0.2) is 35.7 Å². The van der Waals surface area contributed by atoms with Crippen molar-refractivity contribution < 1.29 is 0 Å². The highest BCUT2D eigenvalue weighted by Gasteiger charge is 1.95. The summed E-state index contributed by atoms with van der Waals surface area (Å²) in [6, 6.07) is 7.75. The van der Waals surface area contributed by atoms with Crippen LogP contribution < -0.4 is 0 Å². The molecule has 0 saturated heterocycles. The van der Waals surface area contributed by atoms with E-state index in [1.54, 1.807) is 6.33 Å². The zero-order chi connectivity index (χ0) is 13.4. The molecule has 2 aromatic rings. The van der Waals surface area contributed by atoms with Crippen LogP contribution in [-0.4, -0.2) is 14.8 Å². The highest BCUT2D eigenvalue weighted by Crippen LogP contribution is 2.07. The second kappa shape index (κ2) is 8.16. The van der Waals surface area contributed by atoms with Crippen molar-refractivity contribution in [2.24, 2.45) is 0 Å². The molecule has 0 aliphatic carbocycles. The first-order chi connectivity index (χ1) is 8.63. The van der Waals surface area contributed by atoms with Crippen molar-refractivity contribution in [2.45, 2.75) is 38.4 Å². The number of hydrogen-bond donors (Lipinski definition) is 1. The van der Waals surface area contributed by atoms with E-state index < -0.39 is 0 Å². The maximum absolute atomic E-state index is 5.61. The minimum atomic E-state index is 0.702. The zero-order valence-corrected chi connectivity index (χ0v) is 12.3. The van der Waals surface area contributed by atoms with Crippen LogP contribution in [0.4, 0.5) is 0 Å². The van der Waals surface area contributed by atoms with E-state index in [0.717, 1.165) is 18.0 Å². The van der Waals surface area contributed by atoms with Gasteiger partial charge in [0.05, 0.1) is 0 Å². The molecule has 3 nitrogen and oxygen atoms in total. The topological polar surface area (TPSA) is 30.7 Å².